The molecule has 0 saturated carbocycles. The number of carbonyl (C=O) groups excluding carboxylic acids is 2. The van der Waals surface area contributed by atoms with Gasteiger partial charge in [-0.25, -0.2) is 0 Å². The molecule has 0 aliphatic carbocycles. The number of nitrogens with zero attached hydrogens (tertiary/aromatic N) is 1. The second-order valence-corrected chi connectivity index (χ2v) is 6.60. The van der Waals surface area contributed by atoms with Crippen molar-refractivity contribution in [2.75, 3.05) is 23.4 Å². The Kier molecular flexibility index (Phi) is 5.91. The monoisotopic (exact) mass is 372 g/mol. The summed E-state index contributed by atoms with van der Waals surface area (Å²) in [5, 5.41) is 3.56. The highest BCUT2D eigenvalue weighted by molar-refractivity contribution is 6.30. The van der Waals surface area contributed by atoms with E-state index in [4.69, 9.17) is 16.3 Å². The zero-order valence-corrected chi connectivity index (χ0v) is 15.3. The van der Waals surface area contributed by atoms with E-state index in [2.05, 4.69) is 5.32 Å². The Balaban J connectivity index is 1.68. The van der Waals surface area contributed by atoms with Gasteiger partial charge in [0.15, 0.2) is 0 Å². The molecule has 0 aromatic heterocycles. The molecular formula is C20H21ClN2O3. The minimum absolute atomic E-state index is 0.0601. The van der Waals surface area contributed by atoms with Crippen LogP contribution in [0.5, 0.6) is 0 Å². The first-order chi connectivity index (χ1) is 12.6. The fraction of sp³-hybridized carbons (Fsp3) is 0.300. The van der Waals surface area contributed by atoms with Gasteiger partial charge in [-0.2, -0.15) is 0 Å². The number of hydrogen-bond donors (Lipinski definition) is 1. The van der Waals surface area contributed by atoms with Crippen LogP contribution in [0.2, 0.25) is 5.02 Å². The third-order valence-corrected chi connectivity index (χ3v) is 4.62. The number of benzene rings is 2. The lowest BCUT2D eigenvalue weighted by atomic mass is 10.1. The van der Waals surface area contributed by atoms with Gasteiger partial charge >= 0.3 is 0 Å². The van der Waals surface area contributed by atoms with Crippen LogP contribution in [0.3, 0.4) is 0 Å². The fourth-order valence-electron chi connectivity index (χ4n) is 2.97. The summed E-state index contributed by atoms with van der Waals surface area (Å²) in [4.78, 5) is 26.6. The van der Waals surface area contributed by atoms with Crippen LogP contribution in [0.4, 0.5) is 11.4 Å². The summed E-state index contributed by atoms with van der Waals surface area (Å²) in [7, 11) is 0. The summed E-state index contributed by atoms with van der Waals surface area (Å²) in [5.74, 6) is -0.604. The molecule has 5 nitrogen and oxygen atoms in total. The molecule has 136 valence electrons. The van der Waals surface area contributed by atoms with Gasteiger partial charge in [-0.05, 0) is 37.3 Å². The van der Waals surface area contributed by atoms with E-state index in [1.54, 1.807) is 29.2 Å². The molecule has 2 aromatic rings. The molecule has 1 fully saturated rings. The van der Waals surface area contributed by atoms with Crippen LogP contribution in [0.15, 0.2) is 48.5 Å². The van der Waals surface area contributed by atoms with Gasteiger partial charge in [0.1, 0.15) is 0 Å². The van der Waals surface area contributed by atoms with Gasteiger partial charge in [-0.15, -0.1) is 0 Å². The van der Waals surface area contributed by atoms with Crippen LogP contribution in [-0.4, -0.2) is 25.0 Å². The first kappa shape index (κ1) is 18.4. The number of rotatable bonds is 6. The van der Waals surface area contributed by atoms with Crippen LogP contribution in [-0.2, 0) is 20.9 Å². The molecule has 1 atom stereocenters. The smallest absolute Gasteiger partial charge is 0.229 e. The molecule has 1 aliphatic heterocycles. The molecule has 3 rings (SSSR count). The van der Waals surface area contributed by atoms with Crippen LogP contribution < -0.4 is 10.2 Å². The highest BCUT2D eigenvalue weighted by Crippen LogP contribution is 2.27. The normalized spacial score (nSPS) is 16.8. The van der Waals surface area contributed by atoms with Crippen LogP contribution in [0.1, 0.15) is 18.9 Å². The lowest BCUT2D eigenvalue weighted by Gasteiger charge is -2.17. The van der Waals surface area contributed by atoms with Gasteiger partial charge in [-0.3, -0.25) is 9.59 Å². The van der Waals surface area contributed by atoms with Crippen molar-refractivity contribution in [3.8, 4) is 0 Å². The minimum atomic E-state index is -0.390. The average Bonchev–Trinajstić information content (AvgIpc) is 3.03. The standard InChI is InChI=1S/C20H21ClN2O3/c1-2-26-13-14-5-3-4-6-18(14)22-20(25)15-11-19(24)23(12-15)17-9-7-16(21)8-10-17/h3-10,15H,2,11-13H2,1H3,(H,22,25). The molecule has 6 heteroatoms. The number of ether oxygens (including phenoxy) is 1. The largest absolute Gasteiger partial charge is 0.377 e. The molecule has 1 unspecified atom stereocenters. The van der Waals surface area contributed by atoms with E-state index < -0.39 is 5.92 Å². The topological polar surface area (TPSA) is 58.6 Å². The van der Waals surface area contributed by atoms with Gasteiger partial charge in [0.2, 0.25) is 11.8 Å². The molecule has 1 saturated heterocycles. The Labute approximate surface area is 157 Å². The highest BCUT2D eigenvalue weighted by Gasteiger charge is 2.35. The molecule has 0 spiro atoms. The quantitative estimate of drug-likeness (QED) is 0.837. The summed E-state index contributed by atoms with van der Waals surface area (Å²) in [5.41, 5.74) is 2.40. The van der Waals surface area contributed by atoms with Crippen molar-refractivity contribution in [2.24, 2.45) is 5.92 Å². The van der Waals surface area contributed by atoms with Crippen molar-refractivity contribution in [3.05, 3.63) is 59.1 Å². The van der Waals surface area contributed by atoms with Gasteiger partial charge < -0.3 is 15.0 Å². The van der Waals surface area contributed by atoms with Gasteiger partial charge in [0, 0.05) is 41.5 Å². The van der Waals surface area contributed by atoms with E-state index in [1.165, 1.54) is 0 Å². The maximum Gasteiger partial charge on any atom is 0.229 e. The second kappa shape index (κ2) is 8.34. The van der Waals surface area contributed by atoms with Gasteiger partial charge in [0.25, 0.3) is 0 Å². The number of hydrogen-bond acceptors (Lipinski definition) is 3. The van der Waals surface area contributed by atoms with E-state index in [0.717, 1.165) is 16.9 Å². The summed E-state index contributed by atoms with van der Waals surface area (Å²) in [6, 6.07) is 14.6. The van der Waals surface area contributed by atoms with E-state index in [1.807, 2.05) is 31.2 Å². The third-order valence-electron chi connectivity index (χ3n) is 4.37. The maximum atomic E-state index is 12.7. The number of amides is 2. The first-order valence-corrected chi connectivity index (χ1v) is 8.98. The predicted octanol–water partition coefficient (Wildman–Crippen LogP) is 3.87. The Hall–Kier alpha value is -2.37. The Morgan fingerprint density at radius 2 is 1.96 bits per heavy atom. The van der Waals surface area contributed by atoms with Crippen molar-refractivity contribution >= 4 is 34.8 Å². The summed E-state index contributed by atoms with van der Waals surface area (Å²) in [6.45, 7) is 3.33. The summed E-state index contributed by atoms with van der Waals surface area (Å²) < 4.78 is 5.44. The van der Waals surface area contributed by atoms with Crippen molar-refractivity contribution in [2.45, 2.75) is 20.0 Å². The third kappa shape index (κ3) is 4.23. The molecule has 2 aromatic carbocycles. The number of para-hydroxylation sites is 1. The van der Waals surface area contributed by atoms with Gasteiger partial charge in [0.05, 0.1) is 12.5 Å². The second-order valence-electron chi connectivity index (χ2n) is 6.17. The lowest BCUT2D eigenvalue weighted by Crippen LogP contribution is -2.28. The molecule has 1 aliphatic rings. The van der Waals surface area contributed by atoms with Crippen LogP contribution in [0, 0.1) is 5.92 Å². The summed E-state index contributed by atoms with van der Waals surface area (Å²) >= 11 is 5.90. The van der Waals surface area contributed by atoms with Crippen LogP contribution in [0.25, 0.3) is 0 Å². The fourth-order valence-corrected chi connectivity index (χ4v) is 3.09. The predicted molar refractivity (Wildman–Crippen MR) is 102 cm³/mol. The summed E-state index contributed by atoms with van der Waals surface area (Å²) in [6.07, 6.45) is 0.197. The van der Waals surface area contributed by atoms with Crippen molar-refractivity contribution in [1.29, 1.82) is 0 Å². The van der Waals surface area contributed by atoms with Crippen molar-refractivity contribution < 1.29 is 14.3 Å². The average molecular weight is 373 g/mol. The number of halogens is 1. The number of carbonyl (C=O) groups is 2. The highest BCUT2D eigenvalue weighted by atomic mass is 35.5. The lowest BCUT2D eigenvalue weighted by molar-refractivity contribution is -0.122. The maximum absolute atomic E-state index is 12.7. The molecule has 0 radical (unpaired) electrons. The van der Waals surface area contributed by atoms with E-state index in [9.17, 15) is 9.59 Å². The van der Waals surface area contributed by atoms with E-state index >= 15 is 0 Å². The molecular weight excluding hydrogens is 352 g/mol. The minimum Gasteiger partial charge on any atom is -0.377 e. The van der Waals surface area contributed by atoms with E-state index in [-0.39, 0.29) is 18.2 Å². The Bertz CT molecular complexity index is 792. The Morgan fingerprint density at radius 3 is 2.69 bits per heavy atom. The zero-order chi connectivity index (χ0) is 18.5. The van der Waals surface area contributed by atoms with Crippen LogP contribution >= 0.6 is 11.6 Å². The molecule has 1 heterocycles. The van der Waals surface area contributed by atoms with E-state index in [0.29, 0.717) is 24.8 Å². The molecule has 1 N–H and O–H groups in total. The molecule has 0 bridgehead atoms. The van der Waals surface area contributed by atoms with Gasteiger partial charge in [-0.1, -0.05) is 29.8 Å². The zero-order valence-electron chi connectivity index (χ0n) is 14.6. The number of anilines is 2. The molecule has 2 amide bonds. The first-order valence-electron chi connectivity index (χ1n) is 8.61. The SMILES string of the molecule is CCOCc1ccccc1NC(=O)C1CC(=O)N(c2ccc(Cl)cc2)C1. The van der Waals surface area contributed by atoms with Crippen molar-refractivity contribution in [3.63, 3.8) is 0 Å². The van der Waals surface area contributed by atoms with Crippen molar-refractivity contribution in [1.82, 2.24) is 0 Å². The Morgan fingerprint density at radius 1 is 1.23 bits per heavy atom. The number of nitrogens with one attached hydrogen (secondary N) is 1. The molecule has 26 heavy (non-hydrogen) atoms.